The Morgan fingerprint density at radius 3 is 2.64 bits per heavy atom. The summed E-state index contributed by atoms with van der Waals surface area (Å²) in [6.07, 6.45) is 1.67. The largest absolute Gasteiger partial charge is 0.508 e. The highest BCUT2D eigenvalue weighted by Gasteiger charge is 2.15. The number of rotatable bonds is 3. The number of hydrazone groups is 1. The molecule has 0 aliphatic carbocycles. The number of piperazine rings is 1. The van der Waals surface area contributed by atoms with Crippen molar-refractivity contribution in [2.24, 2.45) is 5.10 Å². The molecule has 7 nitrogen and oxygen atoms in total. The molecule has 25 heavy (non-hydrogen) atoms. The van der Waals surface area contributed by atoms with E-state index in [-0.39, 0.29) is 18.2 Å². The Hall–Kier alpha value is -2.96. The van der Waals surface area contributed by atoms with E-state index >= 15 is 0 Å². The van der Waals surface area contributed by atoms with E-state index < -0.39 is 0 Å². The molecule has 0 atom stereocenters. The van der Waals surface area contributed by atoms with Gasteiger partial charge in [-0.2, -0.15) is 5.10 Å². The van der Waals surface area contributed by atoms with Crippen LogP contribution in [0, 0.1) is 0 Å². The molecule has 3 rings (SSSR count). The number of benzene rings is 1. The number of phenolic OH excluding ortho intramolecular Hbond substituents is 1. The summed E-state index contributed by atoms with van der Waals surface area (Å²) in [4.78, 5) is 20.2. The third kappa shape index (κ3) is 5.00. The van der Waals surface area contributed by atoms with Gasteiger partial charge in [0, 0.05) is 18.3 Å². The maximum absolute atomic E-state index is 11.4. The van der Waals surface area contributed by atoms with Crippen molar-refractivity contribution in [3.05, 3.63) is 42.2 Å². The first-order valence-electron chi connectivity index (χ1n) is 8.31. The summed E-state index contributed by atoms with van der Waals surface area (Å²) in [6.45, 7) is 7.39. The molecule has 1 saturated heterocycles. The van der Waals surface area contributed by atoms with Gasteiger partial charge in [-0.3, -0.25) is 9.80 Å². The summed E-state index contributed by atoms with van der Waals surface area (Å²) in [5.41, 5.74) is 2.24. The predicted octanol–water partition coefficient (Wildman–Crippen LogP) is 2.03. The van der Waals surface area contributed by atoms with E-state index in [0.717, 1.165) is 11.3 Å². The van der Waals surface area contributed by atoms with Crippen molar-refractivity contribution in [1.82, 2.24) is 20.3 Å². The van der Waals surface area contributed by atoms with Gasteiger partial charge in [-0.05, 0) is 37.3 Å². The minimum absolute atomic E-state index is 0.0275. The molecule has 1 amide bonds. The zero-order valence-electron chi connectivity index (χ0n) is 14.7. The maximum Gasteiger partial charge on any atom is 0.241 e. The third-order valence-electron chi connectivity index (χ3n) is 3.46. The van der Waals surface area contributed by atoms with E-state index in [1.54, 1.807) is 41.5 Å². The van der Waals surface area contributed by atoms with Crippen LogP contribution in [0.2, 0.25) is 0 Å². The molecule has 1 aliphatic heterocycles. The molecule has 1 aromatic heterocycles. The summed E-state index contributed by atoms with van der Waals surface area (Å²) >= 11 is 0. The highest BCUT2D eigenvalue weighted by Crippen LogP contribution is 2.18. The van der Waals surface area contributed by atoms with Gasteiger partial charge in [-0.1, -0.05) is 13.8 Å². The summed E-state index contributed by atoms with van der Waals surface area (Å²) in [7, 11) is 0. The van der Waals surface area contributed by atoms with E-state index in [1.807, 2.05) is 20.8 Å². The second-order valence-corrected chi connectivity index (χ2v) is 5.24. The summed E-state index contributed by atoms with van der Waals surface area (Å²) < 4.78 is 0. The zero-order valence-corrected chi connectivity index (χ0v) is 14.7. The van der Waals surface area contributed by atoms with Crippen molar-refractivity contribution in [3.63, 3.8) is 0 Å². The number of nitrogens with one attached hydrogen (secondary N) is 1. The van der Waals surface area contributed by atoms with Gasteiger partial charge in [-0.15, -0.1) is 0 Å². The van der Waals surface area contributed by atoms with Crippen LogP contribution in [0.3, 0.4) is 0 Å². The number of hydrogen-bond donors (Lipinski definition) is 2. The van der Waals surface area contributed by atoms with Crippen molar-refractivity contribution in [2.75, 3.05) is 19.6 Å². The summed E-state index contributed by atoms with van der Waals surface area (Å²) in [5.74, 6) is 0.736. The number of phenols is 1. The first-order valence-corrected chi connectivity index (χ1v) is 8.31. The molecule has 0 unspecified atom stereocenters. The molecule has 1 aromatic carbocycles. The fraction of sp³-hybridized carbons (Fsp3) is 0.333. The van der Waals surface area contributed by atoms with Crippen molar-refractivity contribution < 1.29 is 9.90 Å². The quantitative estimate of drug-likeness (QED) is 0.834. The highest BCUT2D eigenvalue weighted by molar-refractivity contribution is 5.97. The minimum Gasteiger partial charge on any atom is -0.508 e. The average molecular weight is 341 g/mol. The minimum atomic E-state index is -0.0275. The molecule has 1 aliphatic rings. The van der Waals surface area contributed by atoms with Gasteiger partial charge < -0.3 is 10.4 Å². The second-order valence-electron chi connectivity index (χ2n) is 5.24. The van der Waals surface area contributed by atoms with Crippen LogP contribution in [0.25, 0.3) is 11.4 Å². The number of nitrogens with zero attached hydrogens (tertiary/aromatic N) is 4. The van der Waals surface area contributed by atoms with Crippen molar-refractivity contribution in [1.29, 1.82) is 0 Å². The molecule has 0 bridgehead atoms. The van der Waals surface area contributed by atoms with Crippen LogP contribution in [0.4, 0.5) is 0 Å². The first-order chi connectivity index (χ1) is 12.1. The summed E-state index contributed by atoms with van der Waals surface area (Å²) in [5, 5.41) is 18.3. The fourth-order valence-corrected chi connectivity index (χ4v) is 2.28. The van der Waals surface area contributed by atoms with Crippen LogP contribution < -0.4 is 5.32 Å². The Morgan fingerprint density at radius 1 is 1.24 bits per heavy atom. The van der Waals surface area contributed by atoms with E-state index in [1.165, 1.54) is 0 Å². The third-order valence-corrected chi connectivity index (χ3v) is 3.46. The lowest BCUT2D eigenvalue weighted by Crippen LogP contribution is -2.45. The first kappa shape index (κ1) is 18.4. The normalized spacial score (nSPS) is 14.4. The van der Waals surface area contributed by atoms with Crippen LogP contribution in [-0.2, 0) is 4.79 Å². The predicted molar refractivity (Wildman–Crippen MR) is 97.3 cm³/mol. The van der Waals surface area contributed by atoms with Crippen LogP contribution in [0.15, 0.2) is 41.6 Å². The smallest absolute Gasteiger partial charge is 0.241 e. The van der Waals surface area contributed by atoms with Crippen LogP contribution in [0.1, 0.15) is 26.5 Å². The van der Waals surface area contributed by atoms with Crippen molar-refractivity contribution in [3.8, 4) is 17.1 Å². The topological polar surface area (TPSA) is 90.7 Å². The standard InChI is InChI=1S/C16H17N5O2.C2H6/c1-11(20-21-9-8-17-15(23)10-21)14-6-7-18-16(19-14)12-2-4-13(22)5-3-12;1-2/h2-7,22H,8-10H2,1H3,(H,17,23);1-2H3/b20-11+;. The zero-order chi connectivity index (χ0) is 18.2. The van der Waals surface area contributed by atoms with Crippen LogP contribution in [0.5, 0.6) is 5.75 Å². The van der Waals surface area contributed by atoms with Gasteiger partial charge in [0.2, 0.25) is 5.91 Å². The Balaban J connectivity index is 0.00000109. The Labute approximate surface area is 147 Å². The van der Waals surface area contributed by atoms with Gasteiger partial charge >= 0.3 is 0 Å². The van der Waals surface area contributed by atoms with Crippen LogP contribution in [-0.4, -0.2) is 51.3 Å². The molecule has 0 spiro atoms. The van der Waals surface area contributed by atoms with Gasteiger partial charge in [0.1, 0.15) is 12.3 Å². The molecular weight excluding hydrogens is 318 g/mol. The molecule has 1 fully saturated rings. The van der Waals surface area contributed by atoms with Gasteiger partial charge in [0.15, 0.2) is 5.82 Å². The molecule has 0 radical (unpaired) electrons. The monoisotopic (exact) mass is 341 g/mol. The lowest BCUT2D eigenvalue weighted by molar-refractivity contribution is -0.124. The van der Waals surface area contributed by atoms with Gasteiger partial charge in [-0.25, -0.2) is 9.97 Å². The Morgan fingerprint density at radius 2 is 1.96 bits per heavy atom. The molecule has 7 heteroatoms. The van der Waals surface area contributed by atoms with E-state index in [9.17, 15) is 9.90 Å². The number of aromatic hydroxyl groups is 1. The number of carbonyl (C=O) groups is 1. The van der Waals surface area contributed by atoms with Gasteiger partial charge in [0.25, 0.3) is 0 Å². The number of aromatic nitrogens is 2. The number of hydrogen-bond acceptors (Lipinski definition) is 6. The molecule has 132 valence electrons. The summed E-state index contributed by atoms with van der Waals surface area (Å²) in [6, 6.07) is 8.50. The lowest BCUT2D eigenvalue weighted by Gasteiger charge is -2.24. The molecule has 0 saturated carbocycles. The second kappa shape index (κ2) is 8.77. The Kier molecular flexibility index (Phi) is 6.45. The molecule has 2 N–H and O–H groups in total. The average Bonchev–Trinajstić information content (AvgIpc) is 2.64. The number of amides is 1. The van der Waals surface area contributed by atoms with Crippen LogP contribution >= 0.6 is 0 Å². The Bertz CT molecular complexity index is 743. The maximum atomic E-state index is 11.4. The molecule has 2 heterocycles. The fourth-order valence-electron chi connectivity index (χ4n) is 2.28. The molecular formula is C18H23N5O2. The lowest BCUT2D eigenvalue weighted by atomic mass is 10.2. The highest BCUT2D eigenvalue weighted by atomic mass is 16.3. The molecule has 2 aromatic rings. The number of carbonyl (C=O) groups excluding carboxylic acids is 1. The van der Waals surface area contributed by atoms with E-state index in [0.29, 0.717) is 24.6 Å². The van der Waals surface area contributed by atoms with Gasteiger partial charge in [0.05, 0.1) is 18.0 Å². The van der Waals surface area contributed by atoms with Crippen molar-refractivity contribution in [2.45, 2.75) is 20.8 Å². The van der Waals surface area contributed by atoms with E-state index in [4.69, 9.17) is 0 Å². The SMILES string of the molecule is C/C(=N\N1CCNC(=O)C1)c1ccnc(-c2ccc(O)cc2)n1.CC. The van der Waals surface area contributed by atoms with E-state index in [2.05, 4.69) is 20.4 Å². The van der Waals surface area contributed by atoms with Crippen molar-refractivity contribution >= 4 is 11.6 Å².